The molecule has 1 unspecified atom stereocenters. The molecule has 1 atom stereocenters. The van der Waals surface area contributed by atoms with Crippen molar-refractivity contribution in [3.8, 4) is 0 Å². The highest BCUT2D eigenvalue weighted by Gasteiger charge is 2.09. The Morgan fingerprint density at radius 1 is 1.50 bits per heavy atom. The minimum absolute atomic E-state index is 0.433. The van der Waals surface area contributed by atoms with E-state index in [1.54, 1.807) is 0 Å². The Balaban J connectivity index is 2.72. The summed E-state index contributed by atoms with van der Waals surface area (Å²) in [5.74, 6) is 0. The van der Waals surface area contributed by atoms with Gasteiger partial charge in [-0.15, -0.1) is 6.58 Å². The molecule has 0 saturated carbocycles. The molecule has 2 heteroatoms. The number of nitrogens with one attached hydrogen (secondary N) is 1. The molecule has 0 aliphatic heterocycles. The summed E-state index contributed by atoms with van der Waals surface area (Å²) < 4.78 is 0. The van der Waals surface area contributed by atoms with Gasteiger partial charge in [0.15, 0.2) is 0 Å². The van der Waals surface area contributed by atoms with Gasteiger partial charge >= 0.3 is 0 Å². The van der Waals surface area contributed by atoms with Gasteiger partial charge in [-0.2, -0.15) is 0 Å². The van der Waals surface area contributed by atoms with Crippen molar-refractivity contribution in [1.29, 1.82) is 0 Å². The molecular weight excluding hydrogens is 218 g/mol. The van der Waals surface area contributed by atoms with Crippen LogP contribution >= 0.6 is 11.6 Å². The number of likely N-dealkylation sites (N-methyl/N-ethyl adjacent to an activating group) is 1. The van der Waals surface area contributed by atoms with Crippen LogP contribution in [0, 0.1) is 6.92 Å². The van der Waals surface area contributed by atoms with Crippen molar-refractivity contribution >= 4 is 11.6 Å². The highest BCUT2D eigenvalue weighted by Crippen LogP contribution is 2.19. The van der Waals surface area contributed by atoms with Crippen LogP contribution in [0.2, 0.25) is 5.02 Å². The fourth-order valence-electron chi connectivity index (χ4n) is 1.81. The molecule has 0 heterocycles. The minimum Gasteiger partial charge on any atom is -0.314 e. The van der Waals surface area contributed by atoms with Gasteiger partial charge in [-0.25, -0.2) is 0 Å². The second-order valence-electron chi connectivity index (χ2n) is 4.08. The molecular formula is C14H20ClN. The summed E-state index contributed by atoms with van der Waals surface area (Å²) in [5, 5.41) is 4.31. The monoisotopic (exact) mass is 237 g/mol. The quantitative estimate of drug-likeness (QED) is 0.744. The van der Waals surface area contributed by atoms with E-state index in [0.29, 0.717) is 6.04 Å². The predicted molar refractivity (Wildman–Crippen MR) is 72.2 cm³/mol. The van der Waals surface area contributed by atoms with Gasteiger partial charge in [0.1, 0.15) is 0 Å². The molecule has 88 valence electrons. The third kappa shape index (κ3) is 3.99. The third-order valence-electron chi connectivity index (χ3n) is 2.62. The molecule has 16 heavy (non-hydrogen) atoms. The molecule has 1 rings (SSSR count). The van der Waals surface area contributed by atoms with E-state index in [1.807, 2.05) is 12.1 Å². The number of aryl methyl sites for hydroxylation is 1. The molecule has 0 bridgehead atoms. The zero-order valence-electron chi connectivity index (χ0n) is 10.1. The standard InChI is InChI=1S/C14H20ClN/c1-4-6-13(16-5-2)10-12-8-7-11(3)9-14(12)15/h4,7-9,13,16H,1,5-6,10H2,2-3H3. The molecule has 0 aliphatic carbocycles. The van der Waals surface area contributed by atoms with Crippen molar-refractivity contribution in [2.45, 2.75) is 32.7 Å². The van der Waals surface area contributed by atoms with Gasteiger partial charge in [0.05, 0.1) is 0 Å². The molecule has 0 fully saturated rings. The lowest BCUT2D eigenvalue weighted by Crippen LogP contribution is -2.30. The van der Waals surface area contributed by atoms with Gasteiger partial charge in [0.2, 0.25) is 0 Å². The van der Waals surface area contributed by atoms with Crippen LogP contribution in [0.15, 0.2) is 30.9 Å². The number of rotatable bonds is 6. The van der Waals surface area contributed by atoms with Crippen molar-refractivity contribution in [2.24, 2.45) is 0 Å². The molecule has 0 radical (unpaired) electrons. The maximum atomic E-state index is 6.22. The smallest absolute Gasteiger partial charge is 0.0441 e. The summed E-state index contributed by atoms with van der Waals surface area (Å²) in [6.07, 6.45) is 3.88. The van der Waals surface area contributed by atoms with Gasteiger partial charge in [0, 0.05) is 11.1 Å². The van der Waals surface area contributed by atoms with Crippen molar-refractivity contribution in [1.82, 2.24) is 5.32 Å². The predicted octanol–water partition coefficient (Wildman–Crippen LogP) is 3.75. The first kappa shape index (κ1) is 13.3. The maximum absolute atomic E-state index is 6.22. The average molecular weight is 238 g/mol. The van der Waals surface area contributed by atoms with Crippen molar-refractivity contribution < 1.29 is 0 Å². The van der Waals surface area contributed by atoms with E-state index in [1.165, 1.54) is 11.1 Å². The second-order valence-corrected chi connectivity index (χ2v) is 4.49. The van der Waals surface area contributed by atoms with Crippen LogP contribution in [0.1, 0.15) is 24.5 Å². The molecule has 1 nitrogen and oxygen atoms in total. The molecule has 0 aliphatic rings. The molecule has 1 N–H and O–H groups in total. The first-order chi connectivity index (χ1) is 7.67. The summed E-state index contributed by atoms with van der Waals surface area (Å²) in [4.78, 5) is 0. The summed E-state index contributed by atoms with van der Waals surface area (Å²) in [6, 6.07) is 6.68. The Labute approximate surface area is 104 Å². The van der Waals surface area contributed by atoms with Gasteiger partial charge in [-0.3, -0.25) is 0 Å². The van der Waals surface area contributed by atoms with Gasteiger partial charge in [-0.05, 0) is 43.5 Å². The lowest BCUT2D eigenvalue weighted by atomic mass is 10.0. The lowest BCUT2D eigenvalue weighted by molar-refractivity contribution is 0.530. The molecule has 0 aromatic heterocycles. The van der Waals surface area contributed by atoms with E-state index in [4.69, 9.17) is 11.6 Å². The highest BCUT2D eigenvalue weighted by atomic mass is 35.5. The van der Waals surface area contributed by atoms with Crippen LogP contribution in [0.25, 0.3) is 0 Å². The van der Waals surface area contributed by atoms with E-state index in [2.05, 4.69) is 37.9 Å². The van der Waals surface area contributed by atoms with Crippen LogP contribution in [0.4, 0.5) is 0 Å². The molecule has 0 spiro atoms. The third-order valence-corrected chi connectivity index (χ3v) is 2.97. The van der Waals surface area contributed by atoms with Gasteiger partial charge < -0.3 is 5.32 Å². The van der Waals surface area contributed by atoms with Crippen LogP contribution < -0.4 is 5.32 Å². The first-order valence-corrected chi connectivity index (χ1v) is 6.14. The van der Waals surface area contributed by atoms with Gasteiger partial charge in [-0.1, -0.05) is 36.7 Å². The van der Waals surface area contributed by atoms with Gasteiger partial charge in [0.25, 0.3) is 0 Å². The van der Waals surface area contributed by atoms with E-state index in [-0.39, 0.29) is 0 Å². The normalized spacial score (nSPS) is 12.4. The van der Waals surface area contributed by atoms with Crippen molar-refractivity contribution in [3.05, 3.63) is 47.0 Å². The number of hydrogen-bond acceptors (Lipinski definition) is 1. The molecule has 0 saturated heterocycles. The SMILES string of the molecule is C=CCC(Cc1ccc(C)cc1Cl)NCC. The van der Waals surface area contributed by atoms with E-state index in [0.717, 1.165) is 24.4 Å². The second kappa shape index (κ2) is 6.72. The van der Waals surface area contributed by atoms with Crippen LogP contribution in [0.5, 0.6) is 0 Å². The largest absolute Gasteiger partial charge is 0.314 e. The van der Waals surface area contributed by atoms with Crippen LogP contribution in [-0.4, -0.2) is 12.6 Å². The average Bonchev–Trinajstić information content (AvgIpc) is 2.23. The number of hydrogen-bond donors (Lipinski definition) is 1. The topological polar surface area (TPSA) is 12.0 Å². The Morgan fingerprint density at radius 2 is 2.25 bits per heavy atom. The highest BCUT2D eigenvalue weighted by molar-refractivity contribution is 6.31. The first-order valence-electron chi connectivity index (χ1n) is 5.76. The van der Waals surface area contributed by atoms with E-state index in [9.17, 15) is 0 Å². The maximum Gasteiger partial charge on any atom is 0.0441 e. The fraction of sp³-hybridized carbons (Fsp3) is 0.429. The van der Waals surface area contributed by atoms with E-state index < -0.39 is 0 Å². The van der Waals surface area contributed by atoms with Crippen LogP contribution in [-0.2, 0) is 6.42 Å². The molecule has 0 amide bonds. The Hall–Kier alpha value is -0.790. The summed E-state index contributed by atoms with van der Waals surface area (Å²) in [7, 11) is 0. The van der Waals surface area contributed by atoms with E-state index >= 15 is 0 Å². The summed E-state index contributed by atoms with van der Waals surface area (Å²) >= 11 is 6.22. The van der Waals surface area contributed by atoms with Crippen molar-refractivity contribution in [2.75, 3.05) is 6.54 Å². The summed E-state index contributed by atoms with van der Waals surface area (Å²) in [5.41, 5.74) is 2.41. The Morgan fingerprint density at radius 3 is 2.81 bits per heavy atom. The lowest BCUT2D eigenvalue weighted by Gasteiger charge is -2.17. The Bertz CT molecular complexity index is 347. The number of halogens is 1. The summed E-state index contributed by atoms with van der Waals surface area (Å²) in [6.45, 7) is 8.94. The zero-order valence-corrected chi connectivity index (χ0v) is 10.8. The van der Waals surface area contributed by atoms with Crippen LogP contribution in [0.3, 0.4) is 0 Å². The molecule has 1 aromatic carbocycles. The fourth-order valence-corrected chi connectivity index (χ4v) is 2.12. The molecule has 1 aromatic rings. The Kier molecular flexibility index (Phi) is 5.58. The minimum atomic E-state index is 0.433. The number of benzene rings is 1. The van der Waals surface area contributed by atoms with Crippen molar-refractivity contribution in [3.63, 3.8) is 0 Å². The zero-order chi connectivity index (χ0) is 12.0.